The van der Waals surface area contributed by atoms with Crippen LogP contribution >= 0.6 is 0 Å². The molecule has 3 aromatic carbocycles. The number of carbonyl (C=O) groups excluding carboxylic acids is 1. The fraction of sp³-hybridized carbons (Fsp3) is 0.294. The first-order valence-corrected chi connectivity index (χ1v) is 15.9. The first kappa shape index (κ1) is 34.1. The number of aryl methyl sites for hydroxylation is 1. The second kappa shape index (κ2) is 14.1. The molecule has 0 bridgehead atoms. The van der Waals surface area contributed by atoms with E-state index in [2.05, 4.69) is 21.4 Å². The molecule has 4 rings (SSSR count). The number of nitrogens with zero attached hydrogens (tertiary/aromatic N) is 3. The summed E-state index contributed by atoms with van der Waals surface area (Å²) in [5.74, 6) is 0.360. The monoisotopic (exact) mass is 643 g/mol. The van der Waals surface area contributed by atoms with Crippen molar-refractivity contribution >= 4 is 27.7 Å². The Morgan fingerprint density at radius 2 is 1.65 bits per heavy atom. The zero-order chi connectivity index (χ0) is 33.5. The van der Waals surface area contributed by atoms with Gasteiger partial charge in [-0.2, -0.15) is 13.7 Å². The van der Waals surface area contributed by atoms with Gasteiger partial charge in [0.05, 0.1) is 22.3 Å². The quantitative estimate of drug-likeness (QED) is 0.115. The summed E-state index contributed by atoms with van der Waals surface area (Å²) >= 11 is 0. The average Bonchev–Trinajstić information content (AvgIpc) is 3.03. The van der Waals surface area contributed by atoms with Gasteiger partial charge in [-0.05, 0) is 76.1 Å². The number of hydrogen-bond donors (Lipinski definition) is 2. The molecule has 4 aromatic rings. The van der Waals surface area contributed by atoms with Crippen molar-refractivity contribution in [3.8, 4) is 23.1 Å². The fourth-order valence-electron chi connectivity index (χ4n) is 4.42. The molecule has 0 saturated carbocycles. The van der Waals surface area contributed by atoms with E-state index >= 15 is 0 Å². The number of esters is 1. The van der Waals surface area contributed by atoms with Gasteiger partial charge in [0.2, 0.25) is 5.95 Å². The van der Waals surface area contributed by atoms with Gasteiger partial charge in [0.1, 0.15) is 36.0 Å². The second-order valence-electron chi connectivity index (χ2n) is 11.7. The van der Waals surface area contributed by atoms with E-state index in [1.54, 1.807) is 101 Å². The molecule has 3 N–H and O–H groups in total. The summed E-state index contributed by atoms with van der Waals surface area (Å²) in [6.07, 6.45) is 1.44. The minimum atomic E-state index is -3.88. The number of hydrogen-bond acceptors (Lipinski definition) is 11. The molecule has 0 aliphatic rings. The Labute approximate surface area is 269 Å². The Morgan fingerprint density at radius 1 is 0.978 bits per heavy atom. The van der Waals surface area contributed by atoms with Crippen LogP contribution in [-0.4, -0.2) is 49.7 Å². The summed E-state index contributed by atoms with van der Waals surface area (Å²) in [5.41, 5.74) is 7.61. The topological polar surface area (TPSA) is 167 Å². The Hall–Kier alpha value is -4.83. The molecular weight excluding hydrogens is 606 g/mol. The van der Waals surface area contributed by atoms with Gasteiger partial charge in [0, 0.05) is 17.8 Å². The normalized spacial score (nSPS) is 12.9. The predicted octanol–water partition coefficient (Wildman–Crippen LogP) is 5.41. The maximum Gasteiger partial charge on any atom is 0.318 e. The van der Waals surface area contributed by atoms with E-state index in [0.717, 1.165) is 0 Å². The van der Waals surface area contributed by atoms with Crippen molar-refractivity contribution < 1.29 is 26.9 Å². The molecule has 0 spiro atoms. The number of nitrogens with one attached hydrogen (secondary N) is 1. The molecule has 11 nitrogen and oxygen atoms in total. The summed E-state index contributed by atoms with van der Waals surface area (Å²) < 4.78 is 41.2. The van der Waals surface area contributed by atoms with Crippen LogP contribution in [0.5, 0.6) is 5.75 Å². The summed E-state index contributed by atoms with van der Waals surface area (Å²) in [7, 11) is -3.88. The average molecular weight is 644 g/mol. The molecular formula is C34H37N5O6S. The van der Waals surface area contributed by atoms with Crippen LogP contribution in [-0.2, 0) is 29.2 Å². The van der Waals surface area contributed by atoms with Crippen LogP contribution < -0.4 is 15.8 Å². The van der Waals surface area contributed by atoms with E-state index in [1.807, 2.05) is 0 Å². The zero-order valence-corrected chi connectivity index (χ0v) is 27.2. The number of nitrogens with two attached hydrogens (primary N) is 1. The zero-order valence-electron chi connectivity index (χ0n) is 26.4. The van der Waals surface area contributed by atoms with Gasteiger partial charge >= 0.3 is 5.97 Å². The van der Waals surface area contributed by atoms with Crippen LogP contribution in [0.3, 0.4) is 0 Å². The predicted molar refractivity (Wildman–Crippen MR) is 174 cm³/mol. The third kappa shape index (κ3) is 8.25. The summed E-state index contributed by atoms with van der Waals surface area (Å²) in [6, 6.07) is 22.8. The molecule has 46 heavy (non-hydrogen) atoms. The number of anilines is 2. The van der Waals surface area contributed by atoms with Gasteiger partial charge in [-0.3, -0.25) is 8.98 Å². The van der Waals surface area contributed by atoms with E-state index in [1.165, 1.54) is 12.3 Å². The van der Waals surface area contributed by atoms with Gasteiger partial charge in [-0.25, -0.2) is 9.97 Å². The third-order valence-electron chi connectivity index (χ3n) is 7.03. The summed E-state index contributed by atoms with van der Waals surface area (Å²) in [5, 5.41) is 12.8. The highest BCUT2D eigenvalue weighted by Gasteiger charge is 2.37. The van der Waals surface area contributed by atoms with E-state index in [4.69, 9.17) is 19.4 Å². The standard InChI is InChI=1S/C34H37N5O6S/c1-23-8-6-7-9-29(23)46(41,42)44-19-18-43-28-16-14-27(15-17-28)38-32-37-21-25(20-35)30(39-32)24-10-12-26(13-11-24)34(5,22-36)31(40)45-33(2,3)4/h6-17,21H,18-19,22,36H2,1-5H3,(H,37,38,39). The van der Waals surface area contributed by atoms with Crippen molar-refractivity contribution in [2.24, 2.45) is 5.73 Å². The van der Waals surface area contributed by atoms with Crippen LogP contribution in [0, 0.1) is 18.3 Å². The minimum absolute atomic E-state index is 0.0287. The molecule has 12 heteroatoms. The molecule has 0 fully saturated rings. The van der Waals surface area contributed by atoms with Crippen molar-refractivity contribution in [3.05, 3.63) is 95.7 Å². The molecule has 0 aliphatic carbocycles. The molecule has 0 aliphatic heterocycles. The lowest BCUT2D eigenvalue weighted by atomic mass is 9.82. The number of ether oxygens (including phenoxy) is 2. The Bertz CT molecular complexity index is 1830. The van der Waals surface area contributed by atoms with Gasteiger partial charge in [0.25, 0.3) is 10.1 Å². The van der Waals surface area contributed by atoms with Crippen LogP contribution in [0.15, 0.2) is 83.9 Å². The van der Waals surface area contributed by atoms with Gasteiger partial charge < -0.3 is 20.5 Å². The van der Waals surface area contributed by atoms with Crippen molar-refractivity contribution in [1.82, 2.24) is 9.97 Å². The molecule has 1 heterocycles. The molecule has 0 amide bonds. The van der Waals surface area contributed by atoms with Crippen LogP contribution in [0.1, 0.15) is 44.4 Å². The highest BCUT2D eigenvalue weighted by molar-refractivity contribution is 7.86. The second-order valence-corrected chi connectivity index (χ2v) is 13.3. The SMILES string of the molecule is Cc1ccccc1S(=O)(=O)OCCOc1ccc(Nc2ncc(C#N)c(-c3ccc(C(C)(CN)C(=O)OC(C)(C)C)cc3)n2)cc1. The molecule has 0 radical (unpaired) electrons. The lowest BCUT2D eigenvalue weighted by Crippen LogP contribution is -2.44. The third-order valence-corrected chi connectivity index (χ3v) is 8.50. The van der Waals surface area contributed by atoms with Gasteiger partial charge in [-0.15, -0.1) is 0 Å². The highest BCUT2D eigenvalue weighted by atomic mass is 32.2. The van der Waals surface area contributed by atoms with E-state index in [-0.39, 0.29) is 36.2 Å². The lowest BCUT2D eigenvalue weighted by molar-refractivity contribution is -0.161. The molecule has 1 aromatic heterocycles. The van der Waals surface area contributed by atoms with Crippen molar-refractivity contribution in [2.75, 3.05) is 25.1 Å². The number of aromatic nitrogens is 2. The molecule has 0 saturated heterocycles. The van der Waals surface area contributed by atoms with Crippen LogP contribution in [0.4, 0.5) is 11.6 Å². The minimum Gasteiger partial charge on any atom is -0.491 e. The number of benzene rings is 3. The summed E-state index contributed by atoms with van der Waals surface area (Å²) in [6.45, 7) is 8.80. The smallest absolute Gasteiger partial charge is 0.318 e. The summed E-state index contributed by atoms with van der Waals surface area (Å²) in [4.78, 5) is 21.9. The fourth-order valence-corrected chi connectivity index (χ4v) is 5.54. The Balaban J connectivity index is 1.41. The largest absolute Gasteiger partial charge is 0.491 e. The first-order chi connectivity index (χ1) is 21.8. The van der Waals surface area contributed by atoms with E-state index < -0.39 is 27.1 Å². The number of carbonyl (C=O) groups is 1. The molecule has 1 unspecified atom stereocenters. The van der Waals surface area contributed by atoms with Crippen molar-refractivity contribution in [2.45, 2.75) is 50.5 Å². The molecule has 1 atom stereocenters. The molecule has 240 valence electrons. The first-order valence-electron chi connectivity index (χ1n) is 14.5. The highest BCUT2D eigenvalue weighted by Crippen LogP contribution is 2.30. The van der Waals surface area contributed by atoms with Crippen LogP contribution in [0.25, 0.3) is 11.3 Å². The maximum atomic E-state index is 13.0. The van der Waals surface area contributed by atoms with Gasteiger partial charge in [0.15, 0.2) is 0 Å². The number of nitriles is 1. The van der Waals surface area contributed by atoms with Crippen molar-refractivity contribution in [1.29, 1.82) is 5.26 Å². The number of rotatable bonds is 12. The lowest BCUT2D eigenvalue weighted by Gasteiger charge is -2.31. The maximum absolute atomic E-state index is 13.0. The Morgan fingerprint density at radius 3 is 2.26 bits per heavy atom. The Kier molecular flexibility index (Phi) is 10.4. The van der Waals surface area contributed by atoms with Crippen molar-refractivity contribution in [3.63, 3.8) is 0 Å². The van der Waals surface area contributed by atoms with E-state index in [0.29, 0.717) is 33.8 Å². The van der Waals surface area contributed by atoms with Crippen LogP contribution in [0.2, 0.25) is 0 Å². The van der Waals surface area contributed by atoms with E-state index in [9.17, 15) is 18.5 Å². The van der Waals surface area contributed by atoms with Gasteiger partial charge in [-0.1, -0.05) is 42.5 Å².